The van der Waals surface area contributed by atoms with Crippen LogP contribution in [0, 0.1) is 0 Å². The molecular weight excluding hydrogens is 278 g/mol. The lowest BCUT2D eigenvalue weighted by Gasteiger charge is -2.23. The van der Waals surface area contributed by atoms with E-state index in [0.717, 1.165) is 10.6 Å². The van der Waals surface area contributed by atoms with Crippen LogP contribution < -0.4 is 10.1 Å². The summed E-state index contributed by atoms with van der Waals surface area (Å²) in [4.78, 5) is 23.6. The normalized spacial score (nSPS) is 16.8. The first-order chi connectivity index (χ1) is 9.66. The number of rotatable bonds is 5. The highest BCUT2D eigenvalue weighted by molar-refractivity contribution is 7.99. The number of para-hydroxylation sites is 1. The summed E-state index contributed by atoms with van der Waals surface area (Å²) >= 11 is 1.59. The molecule has 0 unspecified atom stereocenters. The van der Waals surface area contributed by atoms with Crippen LogP contribution in [0.5, 0.6) is 5.75 Å². The molecule has 1 atom stereocenters. The van der Waals surface area contributed by atoms with Gasteiger partial charge in [0.2, 0.25) is 12.0 Å². The van der Waals surface area contributed by atoms with Crippen molar-refractivity contribution in [2.24, 2.45) is 0 Å². The number of carbonyl (C=O) groups is 2. The van der Waals surface area contributed by atoms with E-state index in [2.05, 4.69) is 5.32 Å². The van der Waals surface area contributed by atoms with E-state index in [-0.39, 0.29) is 18.5 Å². The summed E-state index contributed by atoms with van der Waals surface area (Å²) in [5.41, 5.74) is 0. The van der Waals surface area contributed by atoms with Gasteiger partial charge in [0, 0.05) is 24.1 Å². The van der Waals surface area contributed by atoms with Crippen molar-refractivity contribution in [2.45, 2.75) is 24.3 Å². The number of esters is 1. The minimum absolute atomic E-state index is 0.0834. The summed E-state index contributed by atoms with van der Waals surface area (Å²) in [5, 5.41) is 2.65. The van der Waals surface area contributed by atoms with Crippen molar-refractivity contribution in [3.63, 3.8) is 0 Å². The number of carbonyl (C=O) groups excluding carboxylic acids is 2. The van der Waals surface area contributed by atoms with Crippen LogP contribution in [0.1, 0.15) is 13.3 Å². The van der Waals surface area contributed by atoms with Crippen molar-refractivity contribution >= 4 is 23.6 Å². The third-order valence-corrected chi connectivity index (χ3v) is 3.83. The zero-order valence-electron chi connectivity index (χ0n) is 11.3. The first-order valence-corrected chi connectivity index (χ1v) is 7.45. The first kappa shape index (κ1) is 14.7. The lowest BCUT2D eigenvalue weighted by Crippen LogP contribution is -2.34. The van der Waals surface area contributed by atoms with Gasteiger partial charge in [0.25, 0.3) is 0 Å². The fraction of sp³-hybridized carbons (Fsp3) is 0.429. The highest BCUT2D eigenvalue weighted by Crippen LogP contribution is 2.35. The molecule has 0 saturated carbocycles. The molecule has 0 fully saturated rings. The molecule has 0 radical (unpaired) electrons. The van der Waals surface area contributed by atoms with Gasteiger partial charge in [0.05, 0.1) is 6.61 Å². The number of fused-ring (bicyclic) bond motifs is 1. The summed E-state index contributed by atoms with van der Waals surface area (Å²) in [7, 11) is 0. The number of benzene rings is 1. The van der Waals surface area contributed by atoms with Crippen molar-refractivity contribution in [1.29, 1.82) is 0 Å². The van der Waals surface area contributed by atoms with Gasteiger partial charge in [-0.05, 0) is 18.6 Å². The molecule has 0 aromatic heterocycles. The van der Waals surface area contributed by atoms with Crippen LogP contribution >= 0.6 is 11.8 Å². The van der Waals surface area contributed by atoms with E-state index in [1.165, 1.54) is 6.92 Å². The molecule has 20 heavy (non-hydrogen) atoms. The lowest BCUT2D eigenvalue weighted by atomic mass is 10.3. The molecule has 6 heteroatoms. The second-order valence-electron chi connectivity index (χ2n) is 4.37. The zero-order chi connectivity index (χ0) is 14.4. The Morgan fingerprint density at radius 2 is 2.25 bits per heavy atom. The molecule has 1 N–H and O–H groups in total. The van der Waals surface area contributed by atoms with E-state index in [0.29, 0.717) is 18.7 Å². The predicted octanol–water partition coefficient (Wildman–Crippen LogP) is 1.61. The van der Waals surface area contributed by atoms with Gasteiger partial charge in [-0.25, -0.2) is 4.79 Å². The molecule has 1 heterocycles. The van der Waals surface area contributed by atoms with Crippen LogP contribution in [-0.4, -0.2) is 36.9 Å². The predicted molar refractivity (Wildman–Crippen MR) is 75.8 cm³/mol. The Balaban J connectivity index is 1.73. The lowest BCUT2D eigenvalue weighted by molar-refractivity contribution is -0.151. The molecule has 0 saturated heterocycles. The van der Waals surface area contributed by atoms with Gasteiger partial charge in [-0.3, -0.25) is 4.79 Å². The number of ether oxygens (including phenoxy) is 2. The van der Waals surface area contributed by atoms with Crippen LogP contribution in [0.15, 0.2) is 29.2 Å². The second-order valence-corrected chi connectivity index (χ2v) is 5.43. The number of thioether (sulfide) groups is 1. The van der Waals surface area contributed by atoms with Crippen LogP contribution in [-0.2, 0) is 14.3 Å². The zero-order valence-corrected chi connectivity index (χ0v) is 12.1. The molecule has 1 aliphatic heterocycles. The Labute approximate surface area is 122 Å². The Morgan fingerprint density at radius 3 is 3.05 bits per heavy atom. The Kier molecular flexibility index (Phi) is 5.29. The molecule has 108 valence electrons. The van der Waals surface area contributed by atoms with E-state index in [9.17, 15) is 9.59 Å². The van der Waals surface area contributed by atoms with Gasteiger partial charge >= 0.3 is 5.97 Å². The van der Waals surface area contributed by atoms with Crippen LogP contribution in [0.3, 0.4) is 0 Å². The summed E-state index contributed by atoms with van der Waals surface area (Å²) < 4.78 is 10.8. The summed E-state index contributed by atoms with van der Waals surface area (Å²) in [6.07, 6.45) is 0.0394. The van der Waals surface area contributed by atoms with Crippen molar-refractivity contribution in [3.8, 4) is 5.75 Å². The Hall–Kier alpha value is -1.69. The third kappa shape index (κ3) is 4.16. The van der Waals surface area contributed by atoms with Gasteiger partial charge in [-0.15, -0.1) is 11.8 Å². The second kappa shape index (κ2) is 7.19. The topological polar surface area (TPSA) is 64.6 Å². The number of nitrogens with one attached hydrogen (secondary N) is 1. The van der Waals surface area contributed by atoms with Gasteiger partial charge < -0.3 is 14.8 Å². The maximum absolute atomic E-state index is 11.9. The van der Waals surface area contributed by atoms with E-state index in [4.69, 9.17) is 9.47 Å². The number of hydrogen-bond acceptors (Lipinski definition) is 5. The molecule has 1 aliphatic rings. The van der Waals surface area contributed by atoms with Crippen LogP contribution in [0.4, 0.5) is 0 Å². The number of amides is 1. The average molecular weight is 295 g/mol. The third-order valence-electron chi connectivity index (χ3n) is 2.71. The van der Waals surface area contributed by atoms with Crippen molar-refractivity contribution in [1.82, 2.24) is 5.32 Å². The molecule has 1 aromatic carbocycles. The summed E-state index contributed by atoms with van der Waals surface area (Å²) in [5.74, 6) is 0.848. The molecule has 0 bridgehead atoms. The monoisotopic (exact) mass is 295 g/mol. The molecule has 2 rings (SSSR count). The van der Waals surface area contributed by atoms with Crippen LogP contribution in [0.2, 0.25) is 0 Å². The number of hydrogen-bond donors (Lipinski definition) is 1. The quantitative estimate of drug-likeness (QED) is 0.660. The van der Waals surface area contributed by atoms with Gasteiger partial charge in [0.1, 0.15) is 5.75 Å². The summed E-state index contributed by atoms with van der Waals surface area (Å²) in [6.45, 7) is 2.24. The van der Waals surface area contributed by atoms with E-state index >= 15 is 0 Å². The standard InChI is InChI=1S/C14H17NO4S/c1-10(16)15-7-4-8-18-14(17)12-9-20-13-6-3-2-5-11(13)19-12/h2-3,5-6,12H,4,7-9H2,1H3,(H,15,16)/t12-/m0/s1. The average Bonchev–Trinajstić information content (AvgIpc) is 2.46. The van der Waals surface area contributed by atoms with Crippen molar-refractivity contribution in [2.75, 3.05) is 18.9 Å². The van der Waals surface area contributed by atoms with E-state index in [1.54, 1.807) is 11.8 Å². The SMILES string of the molecule is CC(=O)NCCCOC(=O)[C@@H]1CSc2ccccc2O1. The molecule has 0 spiro atoms. The fourth-order valence-electron chi connectivity index (χ4n) is 1.74. The largest absolute Gasteiger partial charge is 0.477 e. The maximum atomic E-state index is 11.9. The molecular formula is C14H17NO4S. The van der Waals surface area contributed by atoms with Gasteiger partial charge in [0.15, 0.2) is 0 Å². The van der Waals surface area contributed by atoms with Crippen LogP contribution in [0.25, 0.3) is 0 Å². The Bertz CT molecular complexity index is 492. The molecule has 5 nitrogen and oxygen atoms in total. The highest BCUT2D eigenvalue weighted by atomic mass is 32.2. The highest BCUT2D eigenvalue weighted by Gasteiger charge is 2.27. The van der Waals surface area contributed by atoms with Gasteiger partial charge in [-0.1, -0.05) is 12.1 Å². The van der Waals surface area contributed by atoms with Crippen molar-refractivity contribution < 1.29 is 19.1 Å². The smallest absolute Gasteiger partial charge is 0.348 e. The molecule has 1 aromatic rings. The van der Waals surface area contributed by atoms with Gasteiger partial charge in [-0.2, -0.15) is 0 Å². The summed E-state index contributed by atoms with van der Waals surface area (Å²) in [6, 6.07) is 7.63. The van der Waals surface area contributed by atoms with E-state index in [1.807, 2.05) is 24.3 Å². The minimum Gasteiger partial charge on any atom is -0.477 e. The fourth-order valence-corrected chi connectivity index (χ4v) is 2.71. The Morgan fingerprint density at radius 1 is 1.45 bits per heavy atom. The molecule has 1 amide bonds. The minimum atomic E-state index is -0.560. The van der Waals surface area contributed by atoms with Crippen molar-refractivity contribution in [3.05, 3.63) is 24.3 Å². The maximum Gasteiger partial charge on any atom is 0.348 e. The first-order valence-electron chi connectivity index (χ1n) is 6.46. The molecule has 0 aliphatic carbocycles. The van der Waals surface area contributed by atoms with E-state index < -0.39 is 6.10 Å².